The number of anilines is 3. The van der Waals surface area contributed by atoms with E-state index in [4.69, 9.17) is 66.3 Å². The number of aromatic nitrogens is 5. The van der Waals surface area contributed by atoms with Gasteiger partial charge in [-0.1, -0.05) is 115 Å². The van der Waals surface area contributed by atoms with Crippen LogP contribution in [0.3, 0.4) is 0 Å². The SMILES string of the molecule is C=C1C=Cc2cc(-c3cc(Cl)c4c(c3)CCNS4(=O)=O)c(-c3cccc(C#N)c3C)nc2N1.C=C1C=Cc2cc(-c3cc(Cl)c4c(c3)CCS4(=O)=O)c(-c3cccc(C#N)c3)nc2N1.C=C1C=Cc2cc(-c3cc(Cl)c4c(c3)CNS4(=O)=O)c(-c3cccc(C#N)c3C)nc2N1.N#Cc1cccc(-c2nc3[nH]ccc(=O)c3cc2-c2cc(Cl)c3c(c2)CNC3=O)c1. The average molecular weight is 1790 g/mol. The molecule has 0 saturated heterocycles. The Morgan fingerprint density at radius 2 is 0.849 bits per heavy atom. The molecule has 0 atom stereocenters. The quantitative estimate of drug-likeness (QED) is 0.0743. The number of pyridine rings is 5. The summed E-state index contributed by atoms with van der Waals surface area (Å²) >= 11 is 25.8. The summed E-state index contributed by atoms with van der Waals surface area (Å²) in [6, 6.07) is 57.5. The maximum atomic E-state index is 12.5. The van der Waals surface area contributed by atoms with E-state index in [-0.39, 0.29) is 53.4 Å². The highest BCUT2D eigenvalue weighted by Crippen LogP contribution is 2.47. The van der Waals surface area contributed by atoms with Gasteiger partial charge in [-0.25, -0.2) is 54.6 Å². The smallest absolute Gasteiger partial charge is 0.253 e. The number of benzene rings is 8. The van der Waals surface area contributed by atoms with Crippen LogP contribution in [0.4, 0.5) is 17.5 Å². The largest absolute Gasteiger partial charge is 0.348 e. The fourth-order valence-corrected chi connectivity index (χ4v) is 22.3. The summed E-state index contributed by atoms with van der Waals surface area (Å²) in [7, 11) is -10.6. The molecule has 618 valence electrons. The third-order valence-corrected chi connectivity index (χ3v) is 28.7. The minimum atomic E-state index is -3.63. The van der Waals surface area contributed by atoms with Crippen LogP contribution in [0.25, 0.3) is 119 Å². The van der Waals surface area contributed by atoms with Crippen LogP contribution in [0.5, 0.6) is 0 Å². The first-order valence-corrected chi connectivity index (χ1v) is 45.0. The van der Waals surface area contributed by atoms with Crippen molar-refractivity contribution >= 4 is 129 Å². The molecule has 0 saturated carbocycles. The molecule has 0 unspecified atom stereocenters. The summed E-state index contributed by atoms with van der Waals surface area (Å²) in [5.74, 6) is 1.87. The lowest BCUT2D eigenvalue weighted by Crippen LogP contribution is -2.32. The maximum absolute atomic E-state index is 12.5. The van der Waals surface area contributed by atoms with E-state index >= 15 is 0 Å². The van der Waals surface area contributed by atoms with Gasteiger partial charge in [0.25, 0.3) is 5.91 Å². The number of nitrogens with one attached hydrogen (secondary N) is 7. The maximum Gasteiger partial charge on any atom is 0.253 e. The van der Waals surface area contributed by atoms with Gasteiger partial charge >= 0.3 is 0 Å². The number of hydrogen-bond acceptors (Lipinski definition) is 19. The van der Waals surface area contributed by atoms with Gasteiger partial charge in [0.1, 0.15) is 32.9 Å². The van der Waals surface area contributed by atoms with Crippen LogP contribution in [0.1, 0.15) is 82.7 Å². The standard InChI is InChI=1S/C25H19ClN4O2S.C24H17ClN4O2S.C24H16ClN3O2S.C23H13ClN4O2/c1-14-6-7-17-11-21(19-10-16-8-9-28-33(31,32)24(16)22(26)12-19)23(30-25(17)29-14)20-5-3-4-18(13-27)15(20)2;1-13-6-7-15-9-20(17-8-18-12-27-32(30,31)23(18)21(25)10-17)22(29-24(15)28-13)19-5-3-4-16(11-26)14(19)2;1-14-5-6-18-11-20(19-10-17-7-8-31(29,30)23(17)21(25)12-19)22(28-24(18)27-14)16-4-2-3-15(9-16)13-26;24-18-8-14(7-15-11-27-23(30)20(15)18)16-9-17-19(29)4-5-26-22(17)28-21(16)13-3-1-2-12(6-13)10-25/h3-7,10-12,28H,1,8-9H2,2H3,(H,29,30);3-10,27H,1,12H2,2H3,(H,28,29);2-6,9-12H,1,7-8H2,(H,27,28);1-9H,11H2,(H,27,30)(H,26,28,29). The van der Waals surface area contributed by atoms with Crippen LogP contribution in [0.15, 0.2) is 245 Å². The molecule has 20 rings (SSSR count). The second kappa shape index (κ2) is 33.4. The second-order valence-electron chi connectivity index (χ2n) is 30.2. The highest BCUT2D eigenvalue weighted by molar-refractivity contribution is 7.92. The number of carbonyl (C=O) groups excluding carboxylic acids is 1. The molecular weight excluding hydrogens is 1730 g/mol. The molecule has 23 nitrogen and oxygen atoms in total. The number of nitriles is 4. The number of H-pyrrole nitrogens is 1. The third kappa shape index (κ3) is 16.0. The molecular formula is C96H65Cl4N15O8S3. The summed E-state index contributed by atoms with van der Waals surface area (Å²) in [6.07, 6.45) is 13.9. The molecule has 0 spiro atoms. The zero-order valence-corrected chi connectivity index (χ0v) is 72.0. The number of rotatable bonds is 8. The number of carbonyl (C=O) groups is 1. The summed E-state index contributed by atoms with van der Waals surface area (Å²) < 4.78 is 79.3. The van der Waals surface area contributed by atoms with Gasteiger partial charge in [-0.15, -0.1) is 0 Å². The molecule has 0 aliphatic carbocycles. The molecule has 0 fully saturated rings. The Morgan fingerprint density at radius 1 is 0.413 bits per heavy atom. The Bertz CT molecular complexity index is 7810. The number of amides is 1. The fraction of sp³-hybridized carbons (Fsp3) is 0.0833. The van der Waals surface area contributed by atoms with E-state index in [2.05, 4.69) is 79.7 Å². The molecule has 5 aromatic heterocycles. The van der Waals surface area contributed by atoms with Crippen LogP contribution >= 0.6 is 46.4 Å². The van der Waals surface area contributed by atoms with Crippen LogP contribution in [-0.4, -0.2) is 68.4 Å². The highest BCUT2D eigenvalue weighted by atomic mass is 35.5. The van der Waals surface area contributed by atoms with Gasteiger partial charge in [-0.2, -0.15) is 21.0 Å². The zero-order chi connectivity index (χ0) is 88.5. The first kappa shape index (κ1) is 84.0. The molecule has 13 aromatic rings. The van der Waals surface area contributed by atoms with Gasteiger partial charge < -0.3 is 26.3 Å². The Labute approximate surface area is 743 Å². The molecule has 8 aromatic carbocycles. The minimum Gasteiger partial charge on any atom is -0.348 e. The second-order valence-corrected chi connectivity index (χ2v) is 37.2. The Balaban J connectivity index is 0.000000119. The number of aromatic amines is 1. The van der Waals surface area contributed by atoms with Crippen LogP contribution in [-0.2, 0) is 55.8 Å². The predicted molar refractivity (Wildman–Crippen MR) is 492 cm³/mol. The van der Waals surface area contributed by atoms with Gasteiger partial charge in [-0.05, 0) is 228 Å². The first-order valence-electron chi connectivity index (χ1n) is 38.9. The molecule has 0 bridgehead atoms. The number of nitrogens with zero attached hydrogens (tertiary/aromatic N) is 8. The minimum absolute atomic E-state index is 0.0692. The van der Waals surface area contributed by atoms with Gasteiger partial charge in [-0.3, -0.25) is 9.59 Å². The van der Waals surface area contributed by atoms with E-state index in [1.54, 1.807) is 79.0 Å². The van der Waals surface area contributed by atoms with E-state index in [9.17, 15) is 55.9 Å². The molecule has 0 radical (unpaired) electrons. The molecule has 30 heteroatoms. The van der Waals surface area contributed by atoms with Crippen molar-refractivity contribution in [2.75, 3.05) is 28.2 Å². The zero-order valence-electron chi connectivity index (χ0n) is 66.6. The van der Waals surface area contributed by atoms with Crippen molar-refractivity contribution < 1.29 is 30.0 Å². The number of hydrogen-bond donors (Lipinski definition) is 7. The van der Waals surface area contributed by atoms with Crippen molar-refractivity contribution in [1.82, 2.24) is 39.7 Å². The van der Waals surface area contributed by atoms with Crippen molar-refractivity contribution in [1.29, 1.82) is 21.0 Å². The van der Waals surface area contributed by atoms with Gasteiger partial charge in [0.2, 0.25) is 20.0 Å². The average Bonchev–Trinajstić information content (AvgIpc) is 1.46. The Hall–Kier alpha value is -14.2. The lowest BCUT2D eigenvalue weighted by atomic mass is 9.92. The van der Waals surface area contributed by atoms with Crippen molar-refractivity contribution in [3.05, 3.63) is 333 Å². The first-order chi connectivity index (χ1) is 60.5. The van der Waals surface area contributed by atoms with Crippen molar-refractivity contribution in [2.24, 2.45) is 0 Å². The van der Waals surface area contributed by atoms with E-state index in [0.717, 1.165) is 117 Å². The van der Waals surface area contributed by atoms with Crippen LogP contribution in [0.2, 0.25) is 20.1 Å². The normalized spacial score (nSPS) is 14.9. The topological polar surface area (TPSA) is 371 Å². The van der Waals surface area contributed by atoms with Crippen LogP contribution in [0, 0.1) is 59.2 Å². The van der Waals surface area contributed by atoms with E-state index in [0.29, 0.717) is 127 Å². The Kier molecular flexibility index (Phi) is 22.3. The third-order valence-electron chi connectivity index (χ3n) is 22.1. The van der Waals surface area contributed by atoms with Gasteiger partial charge in [0.15, 0.2) is 15.3 Å². The number of allylic oxidation sites excluding steroid dienone is 3. The van der Waals surface area contributed by atoms with Crippen molar-refractivity contribution in [2.45, 2.75) is 54.5 Å². The summed E-state index contributed by atoms with van der Waals surface area (Å²) in [6.45, 7) is 16.5. The van der Waals surface area contributed by atoms with Crippen molar-refractivity contribution in [3.63, 3.8) is 0 Å². The molecule has 12 heterocycles. The fourth-order valence-electron chi connectivity index (χ4n) is 16.1. The van der Waals surface area contributed by atoms with Gasteiger partial charge in [0.05, 0.1) is 111 Å². The molecule has 7 N–H and O–H groups in total. The predicted octanol–water partition coefficient (Wildman–Crippen LogP) is 19.3. The van der Waals surface area contributed by atoms with E-state index < -0.39 is 29.9 Å². The number of halogens is 4. The van der Waals surface area contributed by atoms with E-state index in [1.165, 1.54) is 6.07 Å². The number of fused-ring (bicyclic) bond motifs is 8. The monoisotopic (exact) mass is 1790 g/mol. The molecule has 7 aliphatic rings. The Morgan fingerprint density at radius 3 is 1.37 bits per heavy atom. The highest BCUT2D eigenvalue weighted by Gasteiger charge is 2.35. The van der Waals surface area contributed by atoms with Crippen LogP contribution < -0.4 is 36.1 Å². The summed E-state index contributed by atoms with van der Waals surface area (Å²) in [5, 5.41) is 51.4. The lowest BCUT2D eigenvalue weighted by molar-refractivity contribution is 0.0965. The number of sulfonamides is 2. The number of sulfone groups is 1. The molecule has 1 amide bonds. The van der Waals surface area contributed by atoms with Gasteiger partial charge in [0, 0.05) is 110 Å². The summed E-state index contributed by atoms with van der Waals surface area (Å²) in [4.78, 5) is 47.3. The molecule has 7 aliphatic heterocycles. The van der Waals surface area contributed by atoms with Crippen molar-refractivity contribution in [3.8, 4) is 114 Å². The summed E-state index contributed by atoms with van der Waals surface area (Å²) in [5.41, 5.74) is 24.0. The number of aryl methyl sites for hydroxylation is 1. The molecule has 126 heavy (non-hydrogen) atoms. The van der Waals surface area contributed by atoms with E-state index in [1.807, 2.05) is 135 Å². The lowest BCUT2D eigenvalue weighted by Gasteiger charge is -2.22.